The fourth-order valence-electron chi connectivity index (χ4n) is 2.25. The standard InChI is InChI=1S/C17H15N3O4S/c1-11-2-4-12(5-3-11)15-10-19-20-16(15)17(21)24-13-6-8-14(9-7-13)25(18,22)23/h2-10H,1H3,(H,19,20)(H2,18,22,23). The first-order valence-electron chi connectivity index (χ1n) is 7.30. The van der Waals surface area contributed by atoms with Crippen molar-refractivity contribution in [1.29, 1.82) is 0 Å². The van der Waals surface area contributed by atoms with Crippen LogP contribution in [0.15, 0.2) is 59.6 Å². The Morgan fingerprint density at radius 3 is 2.32 bits per heavy atom. The van der Waals surface area contributed by atoms with Crippen LogP contribution in [0.3, 0.4) is 0 Å². The fourth-order valence-corrected chi connectivity index (χ4v) is 2.76. The minimum absolute atomic E-state index is 0.0609. The molecule has 1 aromatic heterocycles. The molecule has 0 radical (unpaired) electrons. The average Bonchev–Trinajstić information content (AvgIpc) is 3.05. The lowest BCUT2D eigenvalue weighted by molar-refractivity contribution is 0.0729. The normalized spacial score (nSPS) is 11.3. The van der Waals surface area contributed by atoms with E-state index in [4.69, 9.17) is 9.88 Å². The Balaban J connectivity index is 1.83. The monoisotopic (exact) mass is 357 g/mol. The Hall–Kier alpha value is -2.97. The number of nitrogens with one attached hydrogen (secondary N) is 1. The number of aryl methyl sites for hydroxylation is 1. The first-order valence-corrected chi connectivity index (χ1v) is 8.85. The molecule has 0 aliphatic rings. The number of nitrogens with two attached hydrogens (primary N) is 1. The molecule has 128 valence electrons. The van der Waals surface area contributed by atoms with Crippen molar-refractivity contribution in [3.63, 3.8) is 0 Å². The highest BCUT2D eigenvalue weighted by Crippen LogP contribution is 2.24. The zero-order chi connectivity index (χ0) is 18.0. The summed E-state index contributed by atoms with van der Waals surface area (Å²) >= 11 is 0. The van der Waals surface area contributed by atoms with Crippen LogP contribution in [-0.2, 0) is 10.0 Å². The third-order valence-electron chi connectivity index (χ3n) is 3.57. The maximum Gasteiger partial charge on any atom is 0.362 e. The van der Waals surface area contributed by atoms with Crippen molar-refractivity contribution in [3.8, 4) is 16.9 Å². The highest BCUT2D eigenvalue weighted by Gasteiger charge is 2.18. The molecule has 1 heterocycles. The van der Waals surface area contributed by atoms with Crippen molar-refractivity contribution in [2.75, 3.05) is 0 Å². The smallest absolute Gasteiger partial charge is 0.362 e. The van der Waals surface area contributed by atoms with Gasteiger partial charge < -0.3 is 4.74 Å². The van der Waals surface area contributed by atoms with E-state index in [1.54, 1.807) is 6.20 Å². The quantitative estimate of drug-likeness (QED) is 0.549. The zero-order valence-corrected chi connectivity index (χ0v) is 14.1. The van der Waals surface area contributed by atoms with Crippen molar-refractivity contribution >= 4 is 16.0 Å². The van der Waals surface area contributed by atoms with Gasteiger partial charge in [-0.25, -0.2) is 18.4 Å². The summed E-state index contributed by atoms with van der Waals surface area (Å²) in [6, 6.07) is 12.9. The topological polar surface area (TPSA) is 115 Å². The molecule has 0 unspecified atom stereocenters. The van der Waals surface area contributed by atoms with Gasteiger partial charge in [-0.1, -0.05) is 29.8 Å². The predicted molar refractivity (Wildman–Crippen MR) is 91.5 cm³/mol. The van der Waals surface area contributed by atoms with Gasteiger partial charge in [0, 0.05) is 5.56 Å². The molecule has 0 saturated carbocycles. The molecule has 3 N–H and O–H groups in total. The van der Waals surface area contributed by atoms with Gasteiger partial charge in [0.05, 0.1) is 11.1 Å². The van der Waals surface area contributed by atoms with Crippen molar-refractivity contribution in [1.82, 2.24) is 10.2 Å². The lowest BCUT2D eigenvalue weighted by Gasteiger charge is -2.06. The molecule has 0 fully saturated rings. The van der Waals surface area contributed by atoms with E-state index >= 15 is 0 Å². The van der Waals surface area contributed by atoms with E-state index in [-0.39, 0.29) is 16.3 Å². The van der Waals surface area contributed by atoms with Gasteiger partial charge in [0.25, 0.3) is 0 Å². The van der Waals surface area contributed by atoms with Crippen LogP contribution in [0.1, 0.15) is 16.1 Å². The number of esters is 1. The van der Waals surface area contributed by atoms with Crippen molar-refractivity contribution < 1.29 is 17.9 Å². The number of ether oxygens (including phenoxy) is 1. The number of sulfonamides is 1. The Bertz CT molecular complexity index is 1010. The van der Waals surface area contributed by atoms with E-state index in [9.17, 15) is 13.2 Å². The fraction of sp³-hybridized carbons (Fsp3) is 0.0588. The van der Waals surface area contributed by atoms with E-state index in [0.717, 1.165) is 11.1 Å². The number of carbonyl (C=O) groups is 1. The van der Waals surface area contributed by atoms with Crippen molar-refractivity contribution in [3.05, 3.63) is 66.0 Å². The van der Waals surface area contributed by atoms with Gasteiger partial charge in [-0.2, -0.15) is 5.10 Å². The number of rotatable bonds is 4. The molecular formula is C17H15N3O4S. The van der Waals surface area contributed by atoms with Gasteiger partial charge in [-0.3, -0.25) is 5.10 Å². The summed E-state index contributed by atoms with van der Waals surface area (Å²) in [7, 11) is -3.79. The van der Waals surface area contributed by atoms with Gasteiger partial charge in [-0.15, -0.1) is 0 Å². The van der Waals surface area contributed by atoms with E-state index < -0.39 is 16.0 Å². The Morgan fingerprint density at radius 1 is 1.08 bits per heavy atom. The molecule has 0 amide bonds. The molecule has 25 heavy (non-hydrogen) atoms. The lowest BCUT2D eigenvalue weighted by atomic mass is 10.1. The maximum atomic E-state index is 12.4. The molecule has 0 spiro atoms. The summed E-state index contributed by atoms with van der Waals surface area (Å²) in [6.45, 7) is 1.97. The number of hydrogen-bond donors (Lipinski definition) is 2. The van der Waals surface area contributed by atoms with Crippen molar-refractivity contribution in [2.45, 2.75) is 11.8 Å². The molecule has 0 atom stereocenters. The van der Waals surface area contributed by atoms with Crippen LogP contribution in [-0.4, -0.2) is 24.6 Å². The average molecular weight is 357 g/mol. The van der Waals surface area contributed by atoms with Crippen LogP contribution in [0.2, 0.25) is 0 Å². The molecule has 3 rings (SSSR count). The minimum Gasteiger partial charge on any atom is -0.422 e. The van der Waals surface area contributed by atoms with Gasteiger partial charge in [0.2, 0.25) is 10.0 Å². The van der Waals surface area contributed by atoms with Gasteiger partial charge in [0.1, 0.15) is 5.75 Å². The lowest BCUT2D eigenvalue weighted by Crippen LogP contribution is -2.13. The molecule has 2 aromatic carbocycles. The van der Waals surface area contributed by atoms with E-state index in [1.165, 1.54) is 24.3 Å². The number of aromatic amines is 1. The summed E-state index contributed by atoms with van der Waals surface area (Å²) < 4.78 is 27.7. The SMILES string of the molecule is Cc1ccc(-c2cn[nH]c2C(=O)Oc2ccc(S(N)(=O)=O)cc2)cc1. The number of carbonyl (C=O) groups excluding carboxylic acids is 1. The highest BCUT2D eigenvalue weighted by atomic mass is 32.2. The first-order chi connectivity index (χ1) is 11.8. The summed E-state index contributed by atoms with van der Waals surface area (Å²) in [6.07, 6.45) is 1.55. The van der Waals surface area contributed by atoms with Gasteiger partial charge >= 0.3 is 5.97 Å². The molecule has 0 aliphatic heterocycles. The maximum absolute atomic E-state index is 12.4. The molecule has 0 aliphatic carbocycles. The van der Waals surface area contributed by atoms with Crippen LogP contribution in [0.5, 0.6) is 5.75 Å². The molecular weight excluding hydrogens is 342 g/mol. The highest BCUT2D eigenvalue weighted by molar-refractivity contribution is 7.89. The zero-order valence-electron chi connectivity index (χ0n) is 13.3. The van der Waals surface area contributed by atoms with E-state index in [0.29, 0.717) is 5.56 Å². The predicted octanol–water partition coefficient (Wildman–Crippen LogP) is 2.25. The number of H-pyrrole nitrogens is 1. The molecule has 3 aromatic rings. The number of hydrogen-bond acceptors (Lipinski definition) is 5. The molecule has 8 heteroatoms. The van der Waals surface area contributed by atoms with Gasteiger partial charge in [-0.05, 0) is 36.8 Å². The van der Waals surface area contributed by atoms with Crippen LogP contribution >= 0.6 is 0 Å². The second-order valence-electron chi connectivity index (χ2n) is 5.43. The van der Waals surface area contributed by atoms with Crippen LogP contribution < -0.4 is 9.88 Å². The first kappa shape index (κ1) is 16.9. The number of nitrogens with zero attached hydrogens (tertiary/aromatic N) is 1. The third kappa shape index (κ3) is 3.76. The van der Waals surface area contributed by atoms with Crippen molar-refractivity contribution in [2.24, 2.45) is 5.14 Å². The summed E-state index contributed by atoms with van der Waals surface area (Å²) in [5.41, 5.74) is 2.76. The molecule has 7 nitrogen and oxygen atoms in total. The molecule has 0 saturated heterocycles. The second-order valence-corrected chi connectivity index (χ2v) is 6.99. The number of aromatic nitrogens is 2. The van der Waals surface area contributed by atoms with Crippen LogP contribution in [0.25, 0.3) is 11.1 Å². The summed E-state index contributed by atoms with van der Waals surface area (Å²) in [5.74, 6) is -0.432. The number of primary sulfonamides is 1. The molecule has 0 bridgehead atoms. The van der Waals surface area contributed by atoms with E-state index in [2.05, 4.69) is 10.2 Å². The largest absolute Gasteiger partial charge is 0.422 e. The summed E-state index contributed by atoms with van der Waals surface area (Å²) in [5, 5.41) is 11.6. The Kier molecular flexibility index (Phi) is 4.39. The Labute approximate surface area is 144 Å². The Morgan fingerprint density at radius 2 is 1.72 bits per heavy atom. The van der Waals surface area contributed by atoms with Crippen LogP contribution in [0.4, 0.5) is 0 Å². The summed E-state index contributed by atoms with van der Waals surface area (Å²) in [4.78, 5) is 12.3. The van der Waals surface area contributed by atoms with Gasteiger partial charge in [0.15, 0.2) is 5.69 Å². The van der Waals surface area contributed by atoms with E-state index in [1.807, 2.05) is 31.2 Å². The minimum atomic E-state index is -3.79. The second kappa shape index (κ2) is 6.50. The number of benzene rings is 2. The third-order valence-corrected chi connectivity index (χ3v) is 4.50. The van der Waals surface area contributed by atoms with Crippen LogP contribution in [0, 0.1) is 6.92 Å².